The summed E-state index contributed by atoms with van der Waals surface area (Å²) >= 11 is 6.71. The second-order valence-corrected chi connectivity index (χ2v) is 11.3. The summed E-state index contributed by atoms with van der Waals surface area (Å²) in [7, 11) is -3.73. The van der Waals surface area contributed by atoms with Crippen LogP contribution in [0.3, 0.4) is 0 Å². The highest BCUT2D eigenvalue weighted by atomic mass is 35.5. The van der Waals surface area contributed by atoms with Crippen LogP contribution in [-0.2, 0) is 25.8 Å². The smallest absolute Gasteiger partial charge is 0.254 e. The van der Waals surface area contributed by atoms with Crippen molar-refractivity contribution in [2.75, 3.05) is 10.8 Å². The van der Waals surface area contributed by atoms with Crippen molar-refractivity contribution < 1.29 is 18.0 Å². The molecule has 3 aromatic rings. The number of nitrogens with zero attached hydrogens (tertiary/aromatic N) is 3. The van der Waals surface area contributed by atoms with E-state index in [9.17, 15) is 18.0 Å². The summed E-state index contributed by atoms with van der Waals surface area (Å²) in [4.78, 5) is 29.0. The van der Waals surface area contributed by atoms with Crippen LogP contribution in [-0.4, -0.2) is 36.6 Å². The van der Waals surface area contributed by atoms with Crippen LogP contribution in [0.4, 0.5) is 5.82 Å². The van der Waals surface area contributed by atoms with Crippen LogP contribution in [0.15, 0.2) is 64.0 Å². The lowest BCUT2D eigenvalue weighted by molar-refractivity contribution is -0.117. The molecule has 0 aliphatic carbocycles. The second kappa shape index (κ2) is 8.93. The molecule has 0 saturated carbocycles. The largest absolute Gasteiger partial charge is 0.298 e. The highest BCUT2D eigenvalue weighted by Crippen LogP contribution is 2.27. The van der Waals surface area contributed by atoms with Gasteiger partial charge in [0.1, 0.15) is 9.96 Å². The molecule has 1 aromatic carbocycles. The molecular weight excluding hydrogens is 470 g/mol. The van der Waals surface area contributed by atoms with Crippen molar-refractivity contribution in [1.29, 1.82) is 0 Å². The summed E-state index contributed by atoms with van der Waals surface area (Å²) in [5.74, 6) is -0.922. The van der Waals surface area contributed by atoms with Crippen LogP contribution in [0.2, 0.25) is 4.34 Å². The molecule has 0 radical (unpaired) electrons. The van der Waals surface area contributed by atoms with E-state index in [0.717, 1.165) is 22.5 Å². The first-order valence-corrected chi connectivity index (χ1v) is 12.5. The minimum atomic E-state index is -3.73. The van der Waals surface area contributed by atoms with Crippen molar-refractivity contribution in [3.63, 3.8) is 0 Å². The van der Waals surface area contributed by atoms with E-state index < -0.39 is 21.4 Å². The zero-order chi connectivity index (χ0) is 22.9. The van der Waals surface area contributed by atoms with E-state index in [2.05, 4.69) is 10.1 Å². The molecule has 32 heavy (non-hydrogen) atoms. The first-order valence-electron chi connectivity index (χ1n) is 9.63. The maximum absolute atomic E-state index is 12.4. The van der Waals surface area contributed by atoms with Gasteiger partial charge in [-0.15, -0.1) is 11.3 Å². The molecule has 0 fully saturated rings. The van der Waals surface area contributed by atoms with Gasteiger partial charge >= 0.3 is 0 Å². The molecule has 2 aromatic heterocycles. The average molecular weight is 488 g/mol. The molecule has 0 N–H and O–H groups in total. The highest BCUT2D eigenvalue weighted by molar-refractivity contribution is 7.94. The number of halogens is 1. The van der Waals surface area contributed by atoms with Gasteiger partial charge in [0.25, 0.3) is 5.91 Å². The Hall–Kier alpha value is -2.88. The van der Waals surface area contributed by atoms with Crippen molar-refractivity contribution >= 4 is 56.0 Å². The maximum Gasteiger partial charge on any atom is 0.254 e. The summed E-state index contributed by atoms with van der Waals surface area (Å²) in [5, 5.41) is 5.65. The van der Waals surface area contributed by atoms with Gasteiger partial charge in [-0.2, -0.15) is 10.1 Å². The number of benzene rings is 1. The molecule has 7 nitrogen and oxygen atoms in total. The van der Waals surface area contributed by atoms with Crippen molar-refractivity contribution in [1.82, 2.24) is 4.98 Å². The summed E-state index contributed by atoms with van der Waals surface area (Å²) in [5.41, 5.74) is 3.18. The Bertz CT molecular complexity index is 1330. The first-order chi connectivity index (χ1) is 15.2. The Morgan fingerprint density at radius 2 is 2.00 bits per heavy atom. The number of carbonyl (C=O) groups is 2. The Labute approximate surface area is 194 Å². The number of hydrogen-bond acceptors (Lipinski definition) is 7. The maximum atomic E-state index is 12.4. The minimum Gasteiger partial charge on any atom is -0.298 e. The van der Waals surface area contributed by atoms with Crippen molar-refractivity contribution in [3.05, 3.63) is 75.8 Å². The SMILES string of the molecule is Cc1cccc(C2=NN(c3ccc(CC(=O)CS(=O)(=O)c4ccc(Cl)s4)cn3)C(=O)C2)c1. The standard InChI is InChI=1S/C22H18ClN3O4S2/c1-14-3-2-4-16(9-14)18-11-21(28)26(25-18)20-7-5-15(12-24-20)10-17(27)13-32(29,30)22-8-6-19(23)31-22/h2-9,12H,10-11,13H2,1H3. The number of aryl methyl sites for hydroxylation is 1. The van der Waals surface area contributed by atoms with E-state index in [4.69, 9.17) is 11.6 Å². The van der Waals surface area contributed by atoms with E-state index >= 15 is 0 Å². The van der Waals surface area contributed by atoms with Gasteiger partial charge in [0.2, 0.25) is 0 Å². The van der Waals surface area contributed by atoms with E-state index in [1.807, 2.05) is 31.2 Å². The third-order valence-corrected chi connectivity index (χ3v) is 8.25. The number of aromatic nitrogens is 1. The average Bonchev–Trinajstić information content (AvgIpc) is 3.34. The van der Waals surface area contributed by atoms with E-state index in [0.29, 0.717) is 21.4 Å². The summed E-state index contributed by atoms with van der Waals surface area (Å²) in [6.07, 6.45) is 1.54. The fraction of sp³-hybridized carbons (Fsp3) is 0.182. The van der Waals surface area contributed by atoms with Crippen LogP contribution in [0, 0.1) is 6.92 Å². The Morgan fingerprint density at radius 3 is 2.66 bits per heavy atom. The van der Waals surface area contributed by atoms with Gasteiger partial charge in [0.15, 0.2) is 21.4 Å². The van der Waals surface area contributed by atoms with Crippen LogP contribution in [0.5, 0.6) is 0 Å². The molecule has 10 heteroatoms. The fourth-order valence-corrected chi connectivity index (χ4v) is 6.08. The molecule has 164 valence electrons. The van der Waals surface area contributed by atoms with Gasteiger partial charge in [-0.1, -0.05) is 47.5 Å². The molecule has 0 saturated heterocycles. The first kappa shape index (κ1) is 22.3. The zero-order valence-corrected chi connectivity index (χ0v) is 19.4. The summed E-state index contributed by atoms with van der Waals surface area (Å²) in [6, 6.07) is 13.9. The summed E-state index contributed by atoms with van der Waals surface area (Å²) in [6.45, 7) is 1.97. The van der Waals surface area contributed by atoms with Crippen LogP contribution >= 0.6 is 22.9 Å². The number of amides is 1. The van der Waals surface area contributed by atoms with Crippen LogP contribution in [0.1, 0.15) is 23.1 Å². The zero-order valence-electron chi connectivity index (χ0n) is 17.0. The van der Waals surface area contributed by atoms with Gasteiger partial charge in [-0.3, -0.25) is 9.59 Å². The van der Waals surface area contributed by atoms with Gasteiger partial charge in [-0.05, 0) is 36.2 Å². The molecule has 1 aliphatic heterocycles. The number of ketones is 1. The molecule has 0 bridgehead atoms. The lowest BCUT2D eigenvalue weighted by Crippen LogP contribution is -2.21. The highest BCUT2D eigenvalue weighted by Gasteiger charge is 2.27. The van der Waals surface area contributed by atoms with Crippen LogP contribution in [0.25, 0.3) is 0 Å². The number of anilines is 1. The van der Waals surface area contributed by atoms with E-state index in [-0.39, 0.29) is 23.0 Å². The van der Waals surface area contributed by atoms with Gasteiger partial charge in [-0.25, -0.2) is 13.4 Å². The summed E-state index contributed by atoms with van der Waals surface area (Å²) < 4.78 is 25.1. The third-order valence-electron chi connectivity index (χ3n) is 4.76. The normalized spacial score (nSPS) is 14.0. The second-order valence-electron chi connectivity index (χ2n) is 7.36. The third kappa shape index (κ3) is 4.95. The van der Waals surface area contributed by atoms with E-state index in [1.165, 1.54) is 23.3 Å². The van der Waals surface area contributed by atoms with Gasteiger partial charge < -0.3 is 0 Å². The molecule has 0 unspecified atom stereocenters. The minimum absolute atomic E-state index is 0.0687. The molecular formula is C22H18ClN3O4S2. The number of Topliss-reactive ketones (excluding diaryl/α,β-unsaturated/α-hetero) is 1. The predicted molar refractivity (Wildman–Crippen MR) is 124 cm³/mol. The Morgan fingerprint density at radius 1 is 1.19 bits per heavy atom. The number of rotatable bonds is 7. The molecule has 4 rings (SSSR count). The fourth-order valence-electron chi connectivity index (χ4n) is 3.27. The molecule has 0 spiro atoms. The van der Waals surface area contributed by atoms with Crippen LogP contribution < -0.4 is 5.01 Å². The lowest BCUT2D eigenvalue weighted by Gasteiger charge is -2.10. The number of hydrogen-bond donors (Lipinski definition) is 0. The molecule has 1 aliphatic rings. The molecule has 3 heterocycles. The monoisotopic (exact) mass is 487 g/mol. The van der Waals surface area contributed by atoms with Crippen molar-refractivity contribution in [2.45, 2.75) is 24.0 Å². The lowest BCUT2D eigenvalue weighted by atomic mass is 10.1. The van der Waals surface area contributed by atoms with E-state index in [1.54, 1.807) is 12.1 Å². The Kier molecular flexibility index (Phi) is 6.23. The predicted octanol–water partition coefficient (Wildman–Crippen LogP) is 3.83. The molecule has 0 atom stereocenters. The molecule has 1 amide bonds. The number of hydrazone groups is 1. The number of carbonyl (C=O) groups excluding carboxylic acids is 2. The van der Waals surface area contributed by atoms with Gasteiger partial charge in [0.05, 0.1) is 16.5 Å². The number of pyridine rings is 1. The quantitative estimate of drug-likeness (QED) is 0.504. The number of sulfone groups is 1. The van der Waals surface area contributed by atoms with Crippen molar-refractivity contribution in [2.24, 2.45) is 5.10 Å². The Balaban J connectivity index is 1.44. The van der Waals surface area contributed by atoms with Crippen molar-refractivity contribution in [3.8, 4) is 0 Å². The number of thiophene rings is 1. The topological polar surface area (TPSA) is 96.8 Å². The van der Waals surface area contributed by atoms with Gasteiger partial charge in [0, 0.05) is 12.6 Å².